The molecule has 102 valence electrons. The van der Waals surface area contributed by atoms with Crippen LogP contribution >= 0.6 is 11.3 Å². The van der Waals surface area contributed by atoms with Gasteiger partial charge in [-0.2, -0.15) is 0 Å². The molecule has 2 heterocycles. The molecule has 19 heavy (non-hydrogen) atoms. The van der Waals surface area contributed by atoms with E-state index in [0.717, 1.165) is 10.4 Å². The van der Waals surface area contributed by atoms with E-state index in [0.29, 0.717) is 32.8 Å². The average molecular weight is 280 g/mol. The van der Waals surface area contributed by atoms with Gasteiger partial charge in [-0.25, -0.2) is 4.79 Å². The zero-order valence-corrected chi connectivity index (χ0v) is 11.3. The second-order valence-corrected chi connectivity index (χ2v) is 4.98. The Hall–Kier alpha value is -1.55. The minimum Gasteiger partial charge on any atom is -0.384 e. The fourth-order valence-electron chi connectivity index (χ4n) is 1.76. The summed E-state index contributed by atoms with van der Waals surface area (Å²) in [7, 11) is 0. The number of hydrogen-bond acceptors (Lipinski definition) is 4. The lowest BCUT2D eigenvalue weighted by atomic mass is 10.2. The first-order valence-electron chi connectivity index (χ1n) is 6.08. The van der Waals surface area contributed by atoms with Gasteiger partial charge in [0.05, 0.1) is 19.8 Å². The summed E-state index contributed by atoms with van der Waals surface area (Å²) in [6, 6.07) is 1.82. The van der Waals surface area contributed by atoms with Crippen molar-refractivity contribution in [1.29, 1.82) is 0 Å². The summed E-state index contributed by atoms with van der Waals surface area (Å²) in [5.41, 5.74) is 0.862. The molecule has 5 nitrogen and oxygen atoms in total. The van der Waals surface area contributed by atoms with Crippen molar-refractivity contribution in [2.75, 3.05) is 32.9 Å². The first-order chi connectivity index (χ1) is 9.31. The molecule has 1 saturated heterocycles. The number of morpholine rings is 1. The van der Waals surface area contributed by atoms with Crippen molar-refractivity contribution >= 4 is 17.4 Å². The Morgan fingerprint density at radius 2 is 2.32 bits per heavy atom. The standard InChI is InChI=1S/C13H16N2O3S/c16-6-1-2-11-3-9-19-12(11)10-14-13(17)15-4-7-18-8-5-15/h3,9,16H,4-8,10H2,(H,14,17). The number of nitrogens with one attached hydrogen (secondary N) is 1. The molecule has 0 atom stereocenters. The molecule has 2 N–H and O–H groups in total. The highest BCUT2D eigenvalue weighted by Crippen LogP contribution is 2.15. The zero-order chi connectivity index (χ0) is 13.5. The summed E-state index contributed by atoms with van der Waals surface area (Å²) in [6.45, 7) is 2.76. The van der Waals surface area contributed by atoms with Gasteiger partial charge >= 0.3 is 6.03 Å². The van der Waals surface area contributed by atoms with E-state index >= 15 is 0 Å². The quantitative estimate of drug-likeness (QED) is 0.781. The Balaban J connectivity index is 1.88. The number of aliphatic hydroxyl groups excluding tert-OH is 1. The lowest BCUT2D eigenvalue weighted by Crippen LogP contribution is -2.45. The predicted molar refractivity (Wildman–Crippen MR) is 72.9 cm³/mol. The third kappa shape index (κ3) is 3.96. The van der Waals surface area contributed by atoms with Crippen molar-refractivity contribution in [2.24, 2.45) is 0 Å². The van der Waals surface area contributed by atoms with Gasteiger partial charge in [0, 0.05) is 23.5 Å². The highest BCUT2D eigenvalue weighted by molar-refractivity contribution is 7.10. The Morgan fingerprint density at radius 3 is 3.05 bits per heavy atom. The van der Waals surface area contributed by atoms with Crippen LogP contribution in [0.1, 0.15) is 10.4 Å². The summed E-state index contributed by atoms with van der Waals surface area (Å²) < 4.78 is 5.20. The molecule has 0 radical (unpaired) electrons. The predicted octanol–water partition coefficient (Wildman–Crippen LogP) is 0.634. The van der Waals surface area contributed by atoms with Crippen LogP contribution in [0.5, 0.6) is 0 Å². The lowest BCUT2D eigenvalue weighted by molar-refractivity contribution is 0.0531. The largest absolute Gasteiger partial charge is 0.384 e. The van der Waals surface area contributed by atoms with Crippen LogP contribution in [-0.2, 0) is 11.3 Å². The summed E-state index contributed by atoms with van der Waals surface area (Å²) in [5.74, 6) is 5.49. The van der Waals surface area contributed by atoms with Gasteiger partial charge in [0.1, 0.15) is 6.61 Å². The van der Waals surface area contributed by atoms with Gasteiger partial charge in [-0.3, -0.25) is 0 Å². The topological polar surface area (TPSA) is 61.8 Å². The van der Waals surface area contributed by atoms with E-state index in [-0.39, 0.29) is 12.6 Å². The van der Waals surface area contributed by atoms with Crippen molar-refractivity contribution in [2.45, 2.75) is 6.54 Å². The molecule has 2 amide bonds. The van der Waals surface area contributed by atoms with E-state index in [1.165, 1.54) is 0 Å². The van der Waals surface area contributed by atoms with Crippen LogP contribution < -0.4 is 5.32 Å². The molecule has 1 aromatic rings. The van der Waals surface area contributed by atoms with Gasteiger partial charge in [0.15, 0.2) is 0 Å². The first kappa shape index (κ1) is 13.9. The normalized spacial score (nSPS) is 14.7. The maximum absolute atomic E-state index is 11.9. The van der Waals surface area contributed by atoms with E-state index in [1.807, 2.05) is 11.4 Å². The minimum atomic E-state index is -0.157. The van der Waals surface area contributed by atoms with Crippen LogP contribution in [-0.4, -0.2) is 48.9 Å². The smallest absolute Gasteiger partial charge is 0.317 e. The average Bonchev–Trinajstić information content (AvgIpc) is 2.91. The number of carbonyl (C=O) groups is 1. The zero-order valence-electron chi connectivity index (χ0n) is 10.5. The number of carbonyl (C=O) groups excluding carboxylic acids is 1. The number of hydrogen-bond donors (Lipinski definition) is 2. The van der Waals surface area contributed by atoms with Crippen LogP contribution in [0.15, 0.2) is 11.4 Å². The lowest BCUT2D eigenvalue weighted by Gasteiger charge is -2.26. The van der Waals surface area contributed by atoms with Crippen LogP contribution in [0.2, 0.25) is 0 Å². The number of aliphatic hydroxyl groups is 1. The van der Waals surface area contributed by atoms with Gasteiger partial charge in [-0.1, -0.05) is 11.8 Å². The molecule has 6 heteroatoms. The Kier molecular flexibility index (Phi) is 5.21. The van der Waals surface area contributed by atoms with Crippen LogP contribution in [0, 0.1) is 11.8 Å². The van der Waals surface area contributed by atoms with Crippen molar-refractivity contribution in [3.63, 3.8) is 0 Å². The molecule has 1 aliphatic heterocycles. The fourth-order valence-corrected chi connectivity index (χ4v) is 2.53. The summed E-state index contributed by atoms with van der Waals surface area (Å²) >= 11 is 1.55. The van der Waals surface area contributed by atoms with E-state index in [1.54, 1.807) is 16.2 Å². The summed E-state index contributed by atoms with van der Waals surface area (Å²) in [6.07, 6.45) is 0. The Bertz CT molecular complexity index is 484. The monoisotopic (exact) mass is 280 g/mol. The number of urea groups is 1. The Labute approximate surface area is 116 Å². The molecular weight excluding hydrogens is 264 g/mol. The maximum Gasteiger partial charge on any atom is 0.317 e. The SMILES string of the molecule is O=C(NCc1sccc1C#CCO)N1CCOCC1. The van der Waals surface area contributed by atoms with Gasteiger partial charge in [0.25, 0.3) is 0 Å². The third-order valence-electron chi connectivity index (χ3n) is 2.75. The van der Waals surface area contributed by atoms with E-state index in [4.69, 9.17) is 9.84 Å². The number of amides is 2. The molecule has 2 rings (SSSR count). The van der Waals surface area contributed by atoms with E-state index in [2.05, 4.69) is 17.2 Å². The van der Waals surface area contributed by atoms with Crippen molar-refractivity contribution in [3.05, 3.63) is 21.9 Å². The molecule has 0 aromatic carbocycles. The molecule has 0 bridgehead atoms. The highest BCUT2D eigenvalue weighted by atomic mass is 32.1. The molecule has 1 aromatic heterocycles. The van der Waals surface area contributed by atoms with Crippen LogP contribution in [0.3, 0.4) is 0 Å². The van der Waals surface area contributed by atoms with Crippen LogP contribution in [0.25, 0.3) is 0 Å². The van der Waals surface area contributed by atoms with Crippen molar-refractivity contribution < 1.29 is 14.6 Å². The third-order valence-corrected chi connectivity index (χ3v) is 3.67. The van der Waals surface area contributed by atoms with E-state index < -0.39 is 0 Å². The highest BCUT2D eigenvalue weighted by Gasteiger charge is 2.16. The van der Waals surface area contributed by atoms with Crippen LogP contribution in [0.4, 0.5) is 4.79 Å². The molecule has 0 saturated carbocycles. The van der Waals surface area contributed by atoms with Gasteiger partial charge in [-0.05, 0) is 11.4 Å². The van der Waals surface area contributed by atoms with Gasteiger partial charge in [0.2, 0.25) is 0 Å². The summed E-state index contributed by atoms with van der Waals surface area (Å²) in [4.78, 5) is 14.7. The molecule has 0 unspecified atom stereocenters. The molecule has 1 fully saturated rings. The molecule has 0 aliphatic carbocycles. The second-order valence-electron chi connectivity index (χ2n) is 3.98. The molecule has 0 spiro atoms. The fraction of sp³-hybridized carbons (Fsp3) is 0.462. The molecule has 1 aliphatic rings. The number of thiophene rings is 1. The first-order valence-corrected chi connectivity index (χ1v) is 6.96. The number of rotatable bonds is 2. The molecular formula is C13H16N2O3S. The van der Waals surface area contributed by atoms with E-state index in [9.17, 15) is 4.79 Å². The summed E-state index contributed by atoms with van der Waals surface area (Å²) in [5, 5.41) is 13.5. The maximum atomic E-state index is 11.9. The van der Waals surface area contributed by atoms with Gasteiger partial charge < -0.3 is 20.1 Å². The number of nitrogens with zero attached hydrogens (tertiary/aromatic N) is 1. The van der Waals surface area contributed by atoms with Crippen molar-refractivity contribution in [1.82, 2.24) is 10.2 Å². The second kappa shape index (κ2) is 7.14. The minimum absolute atomic E-state index is 0.0715. The van der Waals surface area contributed by atoms with Crippen molar-refractivity contribution in [3.8, 4) is 11.8 Å². The Morgan fingerprint density at radius 1 is 1.53 bits per heavy atom. The van der Waals surface area contributed by atoms with Gasteiger partial charge in [-0.15, -0.1) is 11.3 Å². The number of ether oxygens (including phenoxy) is 1.